The van der Waals surface area contributed by atoms with Gasteiger partial charge in [-0.05, 0) is 29.8 Å². The summed E-state index contributed by atoms with van der Waals surface area (Å²) >= 11 is 1.83. The highest BCUT2D eigenvalue weighted by Gasteiger charge is 2.24. The smallest absolute Gasteiger partial charge is 0.231 e. The third-order valence-corrected chi connectivity index (χ3v) is 4.35. The minimum absolute atomic E-state index is 0. The molecule has 1 unspecified atom stereocenters. The van der Waals surface area contributed by atoms with Crippen molar-refractivity contribution in [1.82, 2.24) is 0 Å². The molecule has 0 saturated heterocycles. The van der Waals surface area contributed by atoms with Crippen LogP contribution in [0.15, 0.2) is 47.4 Å². The summed E-state index contributed by atoms with van der Waals surface area (Å²) in [5.41, 5.74) is 2.41. The number of para-hydroxylation sites is 1. The summed E-state index contributed by atoms with van der Waals surface area (Å²) in [4.78, 5) is 1.29. The Bertz CT molecular complexity index is 595. The van der Waals surface area contributed by atoms with E-state index in [9.17, 15) is 0 Å². The first-order chi connectivity index (χ1) is 8.90. The molecule has 2 aromatic carbocycles. The van der Waals surface area contributed by atoms with Crippen LogP contribution in [0.2, 0.25) is 0 Å². The number of nitrogens with one attached hydrogen (secondary N) is 1. The molecule has 1 N–H and O–H groups in total. The van der Waals surface area contributed by atoms with Crippen molar-refractivity contribution >= 4 is 29.9 Å². The first kappa shape index (κ1) is 12.5. The lowest BCUT2D eigenvalue weighted by Crippen LogP contribution is -2.00. The summed E-state index contributed by atoms with van der Waals surface area (Å²) in [5.74, 6) is 1.67. The van der Waals surface area contributed by atoms with Crippen molar-refractivity contribution in [3.8, 4) is 11.5 Å². The van der Waals surface area contributed by atoms with Crippen molar-refractivity contribution < 1.29 is 9.47 Å². The Balaban J connectivity index is 0.00000110. The standard InChI is InChI=1S/C14H11NO2S.ClH/c1-2-4-13-10(3-1)15-14(18-13)9-5-6-11-12(7-9)17-8-16-11;/h1-7,14-15H,8H2;1H. The summed E-state index contributed by atoms with van der Waals surface area (Å²) in [6.07, 6.45) is 0. The minimum atomic E-state index is 0. The van der Waals surface area contributed by atoms with E-state index in [-0.39, 0.29) is 17.8 Å². The Morgan fingerprint density at radius 2 is 1.89 bits per heavy atom. The van der Waals surface area contributed by atoms with Gasteiger partial charge in [0.15, 0.2) is 11.5 Å². The molecule has 3 nitrogen and oxygen atoms in total. The van der Waals surface area contributed by atoms with E-state index in [1.807, 2.05) is 17.8 Å². The van der Waals surface area contributed by atoms with Crippen molar-refractivity contribution in [3.63, 3.8) is 0 Å². The zero-order valence-electron chi connectivity index (χ0n) is 9.96. The van der Waals surface area contributed by atoms with E-state index in [2.05, 4.69) is 41.7 Å². The van der Waals surface area contributed by atoms with Gasteiger partial charge in [0.25, 0.3) is 0 Å². The number of hydrogen-bond donors (Lipinski definition) is 1. The summed E-state index contributed by atoms with van der Waals surface area (Å²) in [6.45, 7) is 0.324. The van der Waals surface area contributed by atoms with Crippen LogP contribution in [-0.4, -0.2) is 6.79 Å². The minimum Gasteiger partial charge on any atom is -0.454 e. The molecule has 0 aliphatic carbocycles. The largest absolute Gasteiger partial charge is 0.454 e. The Morgan fingerprint density at radius 1 is 1.05 bits per heavy atom. The zero-order chi connectivity index (χ0) is 11.9. The number of ether oxygens (including phenoxy) is 2. The summed E-state index contributed by atoms with van der Waals surface area (Å²) in [7, 11) is 0. The number of hydrogen-bond acceptors (Lipinski definition) is 4. The van der Waals surface area contributed by atoms with E-state index in [0.29, 0.717) is 6.79 Å². The first-order valence-electron chi connectivity index (χ1n) is 5.82. The van der Waals surface area contributed by atoms with Gasteiger partial charge in [0.2, 0.25) is 6.79 Å². The molecule has 0 bridgehead atoms. The molecule has 0 fully saturated rings. The van der Waals surface area contributed by atoms with Gasteiger partial charge in [-0.3, -0.25) is 0 Å². The number of benzene rings is 2. The zero-order valence-corrected chi connectivity index (χ0v) is 11.6. The van der Waals surface area contributed by atoms with Gasteiger partial charge < -0.3 is 14.8 Å². The van der Waals surface area contributed by atoms with Crippen molar-refractivity contribution in [3.05, 3.63) is 48.0 Å². The van der Waals surface area contributed by atoms with Gasteiger partial charge in [-0.1, -0.05) is 30.0 Å². The Kier molecular flexibility index (Phi) is 3.21. The van der Waals surface area contributed by atoms with Crippen LogP contribution in [0.3, 0.4) is 0 Å². The molecule has 2 aromatic rings. The molecule has 1 atom stereocenters. The summed E-state index contributed by atoms with van der Waals surface area (Å²) in [5, 5.41) is 3.76. The summed E-state index contributed by atoms with van der Waals surface area (Å²) < 4.78 is 10.7. The van der Waals surface area contributed by atoms with Gasteiger partial charge in [0.1, 0.15) is 5.37 Å². The molecule has 4 rings (SSSR count). The number of rotatable bonds is 1. The van der Waals surface area contributed by atoms with Gasteiger partial charge in [-0.25, -0.2) is 0 Å². The van der Waals surface area contributed by atoms with Crippen LogP contribution in [-0.2, 0) is 0 Å². The average molecular weight is 294 g/mol. The van der Waals surface area contributed by atoms with E-state index < -0.39 is 0 Å². The number of halogens is 1. The normalized spacial score (nSPS) is 18.4. The van der Waals surface area contributed by atoms with Crippen molar-refractivity contribution in [1.29, 1.82) is 0 Å². The number of anilines is 1. The fourth-order valence-electron chi connectivity index (χ4n) is 2.21. The Labute approximate surface area is 121 Å². The molecular formula is C14H12ClNO2S. The molecule has 2 heterocycles. The lowest BCUT2D eigenvalue weighted by Gasteiger charge is -2.11. The van der Waals surface area contributed by atoms with Gasteiger partial charge in [-0.15, -0.1) is 12.4 Å². The number of thioether (sulfide) groups is 1. The third kappa shape index (κ3) is 2.11. The van der Waals surface area contributed by atoms with Gasteiger partial charge >= 0.3 is 0 Å². The van der Waals surface area contributed by atoms with Crippen LogP contribution in [0.1, 0.15) is 10.9 Å². The van der Waals surface area contributed by atoms with E-state index in [1.54, 1.807) is 0 Å². The molecule has 0 radical (unpaired) electrons. The topological polar surface area (TPSA) is 30.5 Å². The van der Waals surface area contributed by atoms with Crippen LogP contribution < -0.4 is 14.8 Å². The lowest BCUT2D eigenvalue weighted by molar-refractivity contribution is 0.174. The average Bonchev–Trinajstić information content (AvgIpc) is 3.04. The van der Waals surface area contributed by atoms with Crippen LogP contribution in [0.4, 0.5) is 5.69 Å². The molecule has 0 saturated carbocycles. The molecular weight excluding hydrogens is 282 g/mol. The predicted molar refractivity (Wildman–Crippen MR) is 78.5 cm³/mol. The fourth-order valence-corrected chi connectivity index (χ4v) is 3.35. The SMILES string of the molecule is Cl.c1ccc2c(c1)NC(c1ccc3c(c1)OCO3)S2. The Morgan fingerprint density at radius 3 is 2.79 bits per heavy atom. The Hall–Kier alpha value is -1.52. The molecule has 2 aliphatic rings. The second-order valence-corrected chi connectivity index (χ2v) is 5.40. The third-order valence-electron chi connectivity index (χ3n) is 3.12. The number of fused-ring (bicyclic) bond motifs is 2. The first-order valence-corrected chi connectivity index (χ1v) is 6.70. The summed E-state index contributed by atoms with van der Waals surface area (Å²) in [6, 6.07) is 14.5. The maximum atomic E-state index is 5.42. The van der Waals surface area contributed by atoms with Crippen molar-refractivity contribution in [2.24, 2.45) is 0 Å². The predicted octanol–water partition coefficient (Wildman–Crippen LogP) is 4.05. The molecule has 19 heavy (non-hydrogen) atoms. The molecule has 98 valence electrons. The maximum Gasteiger partial charge on any atom is 0.231 e. The second kappa shape index (κ2) is 4.87. The fraction of sp³-hybridized carbons (Fsp3) is 0.143. The quantitative estimate of drug-likeness (QED) is 0.859. The molecule has 2 aliphatic heterocycles. The van der Waals surface area contributed by atoms with E-state index >= 15 is 0 Å². The van der Waals surface area contributed by atoms with Gasteiger partial charge in [0, 0.05) is 10.6 Å². The molecule has 0 amide bonds. The second-order valence-electron chi connectivity index (χ2n) is 4.25. The highest BCUT2D eigenvalue weighted by molar-refractivity contribution is 8.00. The van der Waals surface area contributed by atoms with Crippen molar-refractivity contribution in [2.75, 3.05) is 12.1 Å². The highest BCUT2D eigenvalue weighted by atomic mass is 35.5. The lowest BCUT2D eigenvalue weighted by atomic mass is 10.2. The van der Waals surface area contributed by atoms with Crippen LogP contribution in [0.25, 0.3) is 0 Å². The molecule has 0 aromatic heterocycles. The van der Waals surface area contributed by atoms with Crippen LogP contribution in [0, 0.1) is 0 Å². The monoisotopic (exact) mass is 293 g/mol. The van der Waals surface area contributed by atoms with Gasteiger partial charge in [0.05, 0.1) is 0 Å². The molecule has 5 heteroatoms. The van der Waals surface area contributed by atoms with Crippen LogP contribution in [0.5, 0.6) is 11.5 Å². The van der Waals surface area contributed by atoms with Crippen molar-refractivity contribution in [2.45, 2.75) is 10.3 Å². The molecule has 0 spiro atoms. The van der Waals surface area contributed by atoms with E-state index in [0.717, 1.165) is 11.5 Å². The van der Waals surface area contributed by atoms with Crippen LogP contribution >= 0.6 is 24.2 Å². The van der Waals surface area contributed by atoms with E-state index in [4.69, 9.17) is 9.47 Å². The van der Waals surface area contributed by atoms with Gasteiger partial charge in [-0.2, -0.15) is 0 Å². The highest BCUT2D eigenvalue weighted by Crippen LogP contribution is 2.47. The maximum absolute atomic E-state index is 5.42. The van der Waals surface area contributed by atoms with E-state index in [1.165, 1.54) is 16.1 Å².